The van der Waals surface area contributed by atoms with Crippen molar-refractivity contribution in [2.75, 3.05) is 31.6 Å². The first-order chi connectivity index (χ1) is 8.52. The molecule has 0 bridgehead atoms. The van der Waals surface area contributed by atoms with Crippen molar-refractivity contribution in [3.05, 3.63) is 29.8 Å². The zero-order valence-electron chi connectivity index (χ0n) is 11.2. The summed E-state index contributed by atoms with van der Waals surface area (Å²) < 4.78 is 5.66. The predicted molar refractivity (Wildman–Crippen MR) is 71.8 cm³/mol. The molecule has 1 fully saturated rings. The maximum Gasteiger partial charge on any atom is 0.252 e. The van der Waals surface area contributed by atoms with Crippen molar-refractivity contribution in [3.8, 4) is 0 Å². The molecule has 0 spiro atoms. The van der Waals surface area contributed by atoms with E-state index >= 15 is 0 Å². The van der Waals surface area contributed by atoms with E-state index in [-0.39, 0.29) is 18.1 Å². The van der Waals surface area contributed by atoms with Gasteiger partial charge in [0.25, 0.3) is 5.91 Å². The van der Waals surface area contributed by atoms with E-state index in [0.717, 1.165) is 24.3 Å². The molecule has 0 aliphatic carbocycles. The first-order valence-corrected chi connectivity index (χ1v) is 6.19. The van der Waals surface area contributed by atoms with E-state index < -0.39 is 0 Å². The smallest absolute Gasteiger partial charge is 0.252 e. The molecule has 0 aromatic heterocycles. The molecule has 0 atom stereocenters. The number of anilines is 1. The normalized spacial score (nSPS) is 17.1. The Bertz CT molecular complexity index is 441. The van der Waals surface area contributed by atoms with Crippen molar-refractivity contribution < 1.29 is 9.53 Å². The Morgan fingerprint density at radius 2 is 2.11 bits per heavy atom. The van der Waals surface area contributed by atoms with Crippen LogP contribution in [0.4, 0.5) is 5.69 Å². The van der Waals surface area contributed by atoms with E-state index in [0.29, 0.717) is 0 Å². The molecule has 1 saturated heterocycles. The van der Waals surface area contributed by atoms with Gasteiger partial charge in [-0.1, -0.05) is 18.2 Å². The fraction of sp³-hybridized carbons (Fsp3) is 0.500. The SMILES string of the molecule is Cc1ccccc1N(C)C(=O)COC1(C)CNC1. The van der Waals surface area contributed by atoms with Gasteiger partial charge in [0.15, 0.2) is 0 Å². The van der Waals surface area contributed by atoms with Gasteiger partial charge < -0.3 is 15.0 Å². The van der Waals surface area contributed by atoms with Crippen molar-refractivity contribution in [2.45, 2.75) is 19.4 Å². The molecule has 0 unspecified atom stereocenters. The number of para-hydroxylation sites is 1. The van der Waals surface area contributed by atoms with Gasteiger partial charge in [0.05, 0.1) is 5.60 Å². The van der Waals surface area contributed by atoms with Crippen LogP contribution < -0.4 is 10.2 Å². The van der Waals surface area contributed by atoms with Gasteiger partial charge >= 0.3 is 0 Å². The lowest BCUT2D eigenvalue weighted by molar-refractivity contribution is -0.133. The summed E-state index contributed by atoms with van der Waals surface area (Å²) in [7, 11) is 1.79. The number of carbonyl (C=O) groups excluding carboxylic acids is 1. The van der Waals surface area contributed by atoms with Crippen molar-refractivity contribution in [3.63, 3.8) is 0 Å². The number of ether oxygens (including phenoxy) is 1. The van der Waals surface area contributed by atoms with Crippen LogP contribution in [0.1, 0.15) is 12.5 Å². The highest BCUT2D eigenvalue weighted by Crippen LogP contribution is 2.19. The van der Waals surface area contributed by atoms with E-state index in [1.807, 2.05) is 38.1 Å². The van der Waals surface area contributed by atoms with E-state index in [2.05, 4.69) is 5.32 Å². The largest absolute Gasteiger partial charge is 0.363 e. The fourth-order valence-electron chi connectivity index (χ4n) is 1.99. The summed E-state index contributed by atoms with van der Waals surface area (Å²) in [5, 5.41) is 3.15. The Morgan fingerprint density at radius 1 is 1.44 bits per heavy atom. The maximum atomic E-state index is 12.1. The van der Waals surface area contributed by atoms with Gasteiger partial charge in [-0.25, -0.2) is 0 Å². The molecule has 4 nitrogen and oxygen atoms in total. The minimum atomic E-state index is -0.178. The molecule has 18 heavy (non-hydrogen) atoms. The minimum Gasteiger partial charge on any atom is -0.363 e. The van der Waals surface area contributed by atoms with E-state index in [9.17, 15) is 4.79 Å². The molecule has 1 aliphatic rings. The van der Waals surface area contributed by atoms with Crippen molar-refractivity contribution in [1.29, 1.82) is 0 Å². The monoisotopic (exact) mass is 248 g/mol. The van der Waals surface area contributed by atoms with Gasteiger partial charge in [-0.15, -0.1) is 0 Å². The summed E-state index contributed by atoms with van der Waals surface area (Å²) in [5.41, 5.74) is 1.84. The highest BCUT2D eigenvalue weighted by Gasteiger charge is 2.33. The number of carbonyl (C=O) groups is 1. The molecule has 1 N–H and O–H groups in total. The Kier molecular flexibility index (Phi) is 3.68. The summed E-state index contributed by atoms with van der Waals surface area (Å²) in [4.78, 5) is 13.7. The molecule has 4 heteroatoms. The van der Waals surface area contributed by atoms with Crippen LogP contribution in [0.5, 0.6) is 0 Å². The topological polar surface area (TPSA) is 41.6 Å². The molecule has 0 radical (unpaired) electrons. The first kappa shape index (κ1) is 13.1. The van der Waals surface area contributed by atoms with Gasteiger partial charge in [-0.3, -0.25) is 4.79 Å². The molecule has 98 valence electrons. The zero-order chi connectivity index (χ0) is 13.2. The number of likely N-dealkylation sites (N-methyl/N-ethyl adjacent to an activating group) is 1. The van der Waals surface area contributed by atoms with E-state index in [1.165, 1.54) is 0 Å². The highest BCUT2D eigenvalue weighted by atomic mass is 16.5. The number of hydrogen-bond donors (Lipinski definition) is 1. The second-order valence-electron chi connectivity index (χ2n) is 5.08. The fourth-order valence-corrected chi connectivity index (χ4v) is 1.99. The van der Waals surface area contributed by atoms with Gasteiger partial charge in [0.2, 0.25) is 0 Å². The van der Waals surface area contributed by atoms with Gasteiger partial charge in [0.1, 0.15) is 6.61 Å². The number of nitrogens with one attached hydrogen (secondary N) is 1. The molecule has 1 aliphatic heterocycles. The maximum absolute atomic E-state index is 12.1. The third-order valence-electron chi connectivity index (χ3n) is 3.39. The van der Waals surface area contributed by atoms with Crippen LogP contribution in [0.25, 0.3) is 0 Å². The average molecular weight is 248 g/mol. The predicted octanol–water partition coefficient (Wildman–Crippen LogP) is 1.34. The van der Waals surface area contributed by atoms with Crippen LogP contribution >= 0.6 is 0 Å². The molecule has 2 rings (SSSR count). The van der Waals surface area contributed by atoms with Crippen LogP contribution in [0.2, 0.25) is 0 Å². The average Bonchev–Trinajstić information content (AvgIpc) is 2.33. The van der Waals surface area contributed by atoms with E-state index in [1.54, 1.807) is 11.9 Å². The summed E-state index contributed by atoms with van der Waals surface area (Å²) in [6.07, 6.45) is 0. The van der Waals surface area contributed by atoms with Crippen LogP contribution in [-0.4, -0.2) is 38.3 Å². The number of aryl methyl sites for hydroxylation is 1. The molecule has 0 saturated carbocycles. The third-order valence-corrected chi connectivity index (χ3v) is 3.39. The van der Waals surface area contributed by atoms with Crippen LogP contribution in [0.15, 0.2) is 24.3 Å². The summed E-state index contributed by atoms with van der Waals surface area (Å²) in [5.74, 6) is -0.0163. The minimum absolute atomic E-state index is 0.0163. The van der Waals surface area contributed by atoms with Crippen molar-refractivity contribution >= 4 is 11.6 Å². The summed E-state index contributed by atoms with van der Waals surface area (Å²) in [6, 6.07) is 7.84. The number of rotatable bonds is 4. The summed E-state index contributed by atoms with van der Waals surface area (Å²) >= 11 is 0. The molecule has 1 aromatic carbocycles. The van der Waals surface area contributed by atoms with Crippen LogP contribution in [-0.2, 0) is 9.53 Å². The number of benzene rings is 1. The molecule has 1 amide bonds. The van der Waals surface area contributed by atoms with Crippen LogP contribution in [0, 0.1) is 6.92 Å². The molecule has 1 heterocycles. The number of nitrogens with zero attached hydrogens (tertiary/aromatic N) is 1. The summed E-state index contributed by atoms with van der Waals surface area (Å²) in [6.45, 7) is 5.77. The number of hydrogen-bond acceptors (Lipinski definition) is 3. The zero-order valence-corrected chi connectivity index (χ0v) is 11.2. The lowest BCUT2D eigenvalue weighted by Gasteiger charge is -2.39. The standard InChI is InChI=1S/C14H20N2O2/c1-11-6-4-5-7-12(11)16(3)13(17)8-18-14(2)9-15-10-14/h4-7,15H,8-10H2,1-3H3. The highest BCUT2D eigenvalue weighted by molar-refractivity contribution is 5.94. The van der Waals surface area contributed by atoms with Crippen molar-refractivity contribution in [2.24, 2.45) is 0 Å². The lowest BCUT2D eigenvalue weighted by atomic mass is 10.0. The molecular weight excluding hydrogens is 228 g/mol. The molecule has 1 aromatic rings. The Labute approximate surface area is 108 Å². The second-order valence-corrected chi connectivity index (χ2v) is 5.08. The second kappa shape index (κ2) is 5.08. The van der Waals surface area contributed by atoms with Gasteiger partial charge in [-0.05, 0) is 25.5 Å². The van der Waals surface area contributed by atoms with Crippen LogP contribution in [0.3, 0.4) is 0 Å². The lowest BCUT2D eigenvalue weighted by Crippen LogP contribution is -2.59. The van der Waals surface area contributed by atoms with Gasteiger partial charge in [-0.2, -0.15) is 0 Å². The van der Waals surface area contributed by atoms with E-state index in [4.69, 9.17) is 4.74 Å². The number of amides is 1. The van der Waals surface area contributed by atoms with Crippen molar-refractivity contribution in [1.82, 2.24) is 5.32 Å². The first-order valence-electron chi connectivity index (χ1n) is 6.19. The third kappa shape index (κ3) is 2.71. The Morgan fingerprint density at radius 3 is 2.67 bits per heavy atom. The quantitative estimate of drug-likeness (QED) is 0.874. The van der Waals surface area contributed by atoms with Gasteiger partial charge in [0, 0.05) is 25.8 Å². The Balaban J connectivity index is 1.94. The Hall–Kier alpha value is -1.39. The molecular formula is C14H20N2O2.